The molecule has 1 aliphatic heterocycles. The summed E-state index contributed by atoms with van der Waals surface area (Å²) in [7, 11) is 0. The summed E-state index contributed by atoms with van der Waals surface area (Å²) < 4.78 is 0. The van der Waals surface area contributed by atoms with Crippen LogP contribution in [0.3, 0.4) is 0 Å². The molecule has 1 amide bonds. The minimum atomic E-state index is 0. The molecule has 1 saturated heterocycles. The molecule has 4 aliphatic carbocycles. The van der Waals surface area contributed by atoms with E-state index in [4.69, 9.17) is 0 Å². The first-order valence-corrected chi connectivity index (χ1v) is 9.68. The van der Waals surface area contributed by atoms with Crippen molar-refractivity contribution in [2.24, 2.45) is 29.1 Å². The van der Waals surface area contributed by atoms with Crippen LogP contribution in [0.5, 0.6) is 0 Å². The Balaban J connectivity index is 0.00000156. The average Bonchev–Trinajstić information content (AvgIpc) is 2.51. The molecule has 0 spiro atoms. The molecule has 23 heavy (non-hydrogen) atoms. The monoisotopic (exact) mass is 340 g/mol. The summed E-state index contributed by atoms with van der Waals surface area (Å²) in [5, 5.41) is 3.47. The molecular weight excluding hydrogens is 308 g/mol. The Bertz CT molecular complexity index is 396. The van der Waals surface area contributed by atoms with Gasteiger partial charge in [0.2, 0.25) is 5.91 Å². The quantitative estimate of drug-likeness (QED) is 0.849. The maximum absolute atomic E-state index is 13.3. The van der Waals surface area contributed by atoms with Crippen molar-refractivity contribution in [1.82, 2.24) is 10.2 Å². The first-order chi connectivity index (χ1) is 10.7. The topological polar surface area (TPSA) is 32.3 Å². The number of likely N-dealkylation sites (tertiary alicyclic amines) is 1. The number of piperidine rings is 1. The van der Waals surface area contributed by atoms with E-state index < -0.39 is 0 Å². The zero-order valence-electron chi connectivity index (χ0n) is 14.6. The maximum atomic E-state index is 13.3. The van der Waals surface area contributed by atoms with Crippen LogP contribution in [0.15, 0.2) is 0 Å². The van der Waals surface area contributed by atoms with Crippen molar-refractivity contribution in [2.45, 2.75) is 58.3 Å². The van der Waals surface area contributed by atoms with Crippen LogP contribution in [0.1, 0.15) is 58.3 Å². The van der Waals surface area contributed by atoms with Crippen LogP contribution in [0.2, 0.25) is 0 Å². The predicted octanol–water partition coefficient (Wildman–Crippen LogP) is 3.47. The van der Waals surface area contributed by atoms with Gasteiger partial charge in [0.05, 0.1) is 5.41 Å². The average molecular weight is 341 g/mol. The first kappa shape index (κ1) is 17.5. The molecule has 0 atom stereocenters. The molecule has 0 aromatic carbocycles. The second kappa shape index (κ2) is 6.92. The SMILES string of the molecule is CCNCC1CCN(C(=O)C23CC4CC(CC(C4)C2)C3)CC1.Cl. The fraction of sp³-hybridized carbons (Fsp3) is 0.947. The van der Waals surface area contributed by atoms with Gasteiger partial charge in [-0.05, 0) is 88.1 Å². The molecule has 0 aromatic rings. The molecule has 132 valence electrons. The van der Waals surface area contributed by atoms with Crippen LogP contribution in [0.25, 0.3) is 0 Å². The third kappa shape index (κ3) is 3.28. The molecular formula is C19H33ClN2O. The lowest BCUT2D eigenvalue weighted by molar-refractivity contribution is -0.159. The lowest BCUT2D eigenvalue weighted by Crippen LogP contribution is -2.56. The summed E-state index contributed by atoms with van der Waals surface area (Å²) in [5.74, 6) is 3.96. The highest BCUT2D eigenvalue weighted by Gasteiger charge is 2.55. The highest BCUT2D eigenvalue weighted by Crippen LogP contribution is 2.60. The maximum Gasteiger partial charge on any atom is 0.228 e. The van der Waals surface area contributed by atoms with E-state index >= 15 is 0 Å². The third-order valence-electron chi connectivity index (χ3n) is 7.08. The summed E-state index contributed by atoms with van der Waals surface area (Å²) >= 11 is 0. The first-order valence-electron chi connectivity index (χ1n) is 9.68. The van der Waals surface area contributed by atoms with Crippen molar-refractivity contribution in [3.63, 3.8) is 0 Å². The van der Waals surface area contributed by atoms with Gasteiger partial charge in [-0.25, -0.2) is 0 Å². The fourth-order valence-electron chi connectivity index (χ4n) is 6.40. The van der Waals surface area contributed by atoms with E-state index in [2.05, 4.69) is 17.1 Å². The van der Waals surface area contributed by atoms with Crippen LogP contribution in [-0.2, 0) is 4.79 Å². The highest BCUT2D eigenvalue weighted by atomic mass is 35.5. The molecule has 5 aliphatic rings. The van der Waals surface area contributed by atoms with Crippen molar-refractivity contribution < 1.29 is 4.79 Å². The minimum Gasteiger partial charge on any atom is -0.342 e. The molecule has 1 N–H and O–H groups in total. The van der Waals surface area contributed by atoms with Gasteiger partial charge in [-0.2, -0.15) is 0 Å². The second-order valence-electron chi connectivity index (χ2n) is 8.74. The van der Waals surface area contributed by atoms with Crippen molar-refractivity contribution in [3.05, 3.63) is 0 Å². The molecule has 3 nitrogen and oxygen atoms in total. The fourth-order valence-corrected chi connectivity index (χ4v) is 6.40. The Morgan fingerprint density at radius 3 is 2.04 bits per heavy atom. The Morgan fingerprint density at radius 2 is 1.57 bits per heavy atom. The van der Waals surface area contributed by atoms with Gasteiger partial charge >= 0.3 is 0 Å². The number of nitrogens with one attached hydrogen (secondary N) is 1. The number of halogens is 1. The van der Waals surface area contributed by atoms with Crippen LogP contribution in [0, 0.1) is 29.1 Å². The number of nitrogens with zero attached hydrogens (tertiary/aromatic N) is 1. The van der Waals surface area contributed by atoms with Crippen LogP contribution in [0.4, 0.5) is 0 Å². The van der Waals surface area contributed by atoms with Crippen LogP contribution >= 0.6 is 12.4 Å². The van der Waals surface area contributed by atoms with E-state index in [-0.39, 0.29) is 17.8 Å². The van der Waals surface area contributed by atoms with Crippen molar-refractivity contribution in [1.29, 1.82) is 0 Å². The zero-order valence-corrected chi connectivity index (χ0v) is 15.4. The van der Waals surface area contributed by atoms with Gasteiger partial charge in [0.15, 0.2) is 0 Å². The molecule has 5 rings (SSSR count). The predicted molar refractivity (Wildman–Crippen MR) is 95.7 cm³/mol. The molecule has 4 heteroatoms. The van der Waals surface area contributed by atoms with Gasteiger partial charge in [-0.3, -0.25) is 4.79 Å². The smallest absolute Gasteiger partial charge is 0.228 e. The summed E-state index contributed by atoms with van der Waals surface area (Å²) in [6.07, 6.45) is 10.3. The van der Waals surface area contributed by atoms with E-state index in [1.807, 2.05) is 0 Å². The molecule has 5 fully saturated rings. The van der Waals surface area contributed by atoms with Crippen molar-refractivity contribution in [2.75, 3.05) is 26.2 Å². The molecule has 1 heterocycles. The Labute approximate surface area is 147 Å². The number of hydrogen-bond donors (Lipinski definition) is 1. The summed E-state index contributed by atoms with van der Waals surface area (Å²) in [4.78, 5) is 15.5. The Hall–Kier alpha value is -0.280. The second-order valence-corrected chi connectivity index (χ2v) is 8.74. The van der Waals surface area contributed by atoms with E-state index in [9.17, 15) is 4.79 Å². The number of hydrogen-bond acceptors (Lipinski definition) is 2. The highest BCUT2D eigenvalue weighted by molar-refractivity contribution is 5.85. The Kier molecular flexibility index (Phi) is 5.27. The van der Waals surface area contributed by atoms with Gasteiger partial charge in [-0.15, -0.1) is 12.4 Å². The van der Waals surface area contributed by atoms with E-state index in [1.165, 1.54) is 51.4 Å². The van der Waals surface area contributed by atoms with Gasteiger partial charge in [0, 0.05) is 13.1 Å². The number of rotatable bonds is 4. The molecule has 0 aromatic heterocycles. The lowest BCUT2D eigenvalue weighted by atomic mass is 9.49. The largest absolute Gasteiger partial charge is 0.342 e. The molecule has 4 bridgehead atoms. The summed E-state index contributed by atoms with van der Waals surface area (Å²) in [5.41, 5.74) is 0.0727. The standard InChI is InChI=1S/C19H32N2O.ClH/c1-2-20-13-14-3-5-21(6-4-14)18(22)19-10-15-7-16(11-19)9-17(8-15)12-19;/h14-17,20H,2-13H2,1H3;1H. The lowest BCUT2D eigenvalue weighted by Gasteiger charge is -2.57. The van der Waals surface area contributed by atoms with Crippen LogP contribution < -0.4 is 5.32 Å². The summed E-state index contributed by atoms with van der Waals surface area (Å²) in [6.45, 7) is 6.39. The normalized spacial score (nSPS) is 39.3. The molecule has 0 radical (unpaired) electrons. The number of amides is 1. The van der Waals surface area contributed by atoms with Gasteiger partial charge in [0.25, 0.3) is 0 Å². The molecule has 0 unspecified atom stereocenters. The van der Waals surface area contributed by atoms with Crippen molar-refractivity contribution in [3.8, 4) is 0 Å². The summed E-state index contributed by atoms with van der Waals surface area (Å²) in [6, 6.07) is 0. The zero-order chi connectivity index (χ0) is 15.2. The third-order valence-corrected chi connectivity index (χ3v) is 7.08. The minimum absolute atomic E-state index is 0. The van der Waals surface area contributed by atoms with E-state index in [0.717, 1.165) is 49.9 Å². The van der Waals surface area contributed by atoms with Gasteiger partial charge in [0.1, 0.15) is 0 Å². The Morgan fingerprint density at radius 1 is 1.04 bits per heavy atom. The number of carbonyl (C=O) groups is 1. The molecule has 4 saturated carbocycles. The van der Waals surface area contributed by atoms with Gasteiger partial charge < -0.3 is 10.2 Å². The van der Waals surface area contributed by atoms with Crippen LogP contribution in [-0.4, -0.2) is 37.0 Å². The van der Waals surface area contributed by atoms with E-state index in [0.29, 0.717) is 5.91 Å². The number of carbonyl (C=O) groups excluding carboxylic acids is 1. The van der Waals surface area contributed by atoms with Gasteiger partial charge in [-0.1, -0.05) is 6.92 Å². The van der Waals surface area contributed by atoms with E-state index in [1.54, 1.807) is 0 Å². The van der Waals surface area contributed by atoms with Crippen molar-refractivity contribution >= 4 is 18.3 Å².